The monoisotopic (exact) mass is 374 g/mol. The molecule has 1 saturated heterocycles. The van der Waals surface area contributed by atoms with Gasteiger partial charge in [0.05, 0.1) is 12.6 Å². The zero-order chi connectivity index (χ0) is 18.5. The van der Waals surface area contributed by atoms with Crippen LogP contribution in [0.5, 0.6) is 0 Å². The maximum Gasteiger partial charge on any atom is 0.242 e. The average Bonchev–Trinajstić information content (AvgIpc) is 3.49. The third kappa shape index (κ3) is 4.89. The molecule has 0 radical (unpaired) electrons. The number of hydrogen-bond donors (Lipinski definition) is 1. The van der Waals surface area contributed by atoms with Gasteiger partial charge in [-0.2, -0.15) is 5.26 Å². The second-order valence-electron chi connectivity index (χ2n) is 6.92. The Bertz CT molecular complexity index is 688. The molecule has 0 unspecified atom stereocenters. The summed E-state index contributed by atoms with van der Waals surface area (Å²) < 4.78 is 0. The van der Waals surface area contributed by atoms with E-state index in [9.17, 15) is 9.59 Å². The van der Waals surface area contributed by atoms with Gasteiger partial charge in [-0.3, -0.25) is 9.59 Å². The van der Waals surface area contributed by atoms with E-state index in [1.54, 1.807) is 4.90 Å². The van der Waals surface area contributed by atoms with Crippen molar-refractivity contribution in [2.75, 3.05) is 37.6 Å². The maximum atomic E-state index is 12.3. The van der Waals surface area contributed by atoms with Crippen molar-refractivity contribution < 1.29 is 9.59 Å². The molecule has 2 amide bonds. The van der Waals surface area contributed by atoms with Crippen molar-refractivity contribution in [1.29, 1.82) is 5.26 Å². The highest BCUT2D eigenvalue weighted by Gasteiger charge is 2.30. The minimum absolute atomic E-state index is 0.0391. The van der Waals surface area contributed by atoms with Crippen molar-refractivity contribution in [3.05, 3.63) is 29.3 Å². The Labute approximate surface area is 158 Å². The highest BCUT2D eigenvalue weighted by atomic mass is 35.5. The fourth-order valence-electron chi connectivity index (χ4n) is 3.17. The SMILES string of the molecule is N#C[C@@H](CC1CC1)C(=O)NCC(=O)N1CCN(c2ccc(Cl)cc2)CC1. The fourth-order valence-corrected chi connectivity index (χ4v) is 3.29. The molecular weight excluding hydrogens is 352 g/mol. The van der Waals surface area contributed by atoms with Crippen LogP contribution in [0.2, 0.25) is 5.02 Å². The normalized spacial score (nSPS) is 18.2. The van der Waals surface area contributed by atoms with Crippen molar-refractivity contribution in [1.82, 2.24) is 10.2 Å². The summed E-state index contributed by atoms with van der Waals surface area (Å²) in [6.45, 7) is 2.67. The van der Waals surface area contributed by atoms with E-state index in [0.717, 1.165) is 31.6 Å². The van der Waals surface area contributed by atoms with Crippen molar-refractivity contribution in [2.45, 2.75) is 19.3 Å². The van der Waals surface area contributed by atoms with Gasteiger partial charge < -0.3 is 15.1 Å². The molecule has 3 rings (SSSR count). The number of rotatable bonds is 6. The number of carbonyl (C=O) groups is 2. The number of nitrogens with one attached hydrogen (secondary N) is 1. The third-order valence-electron chi connectivity index (χ3n) is 4.98. The van der Waals surface area contributed by atoms with Crippen LogP contribution in [-0.4, -0.2) is 49.4 Å². The van der Waals surface area contributed by atoms with E-state index in [2.05, 4.69) is 16.3 Å². The van der Waals surface area contributed by atoms with Crippen LogP contribution in [-0.2, 0) is 9.59 Å². The number of piperazine rings is 1. The molecule has 26 heavy (non-hydrogen) atoms. The molecule has 0 spiro atoms. The Morgan fingerprint density at radius 1 is 1.19 bits per heavy atom. The van der Waals surface area contributed by atoms with Crippen LogP contribution in [0.1, 0.15) is 19.3 Å². The zero-order valence-corrected chi connectivity index (χ0v) is 15.4. The van der Waals surface area contributed by atoms with E-state index in [4.69, 9.17) is 16.9 Å². The van der Waals surface area contributed by atoms with Crippen molar-refractivity contribution in [3.63, 3.8) is 0 Å². The number of carbonyl (C=O) groups excluding carboxylic acids is 2. The Morgan fingerprint density at radius 2 is 1.85 bits per heavy atom. The van der Waals surface area contributed by atoms with Crippen LogP contribution in [0.4, 0.5) is 5.69 Å². The van der Waals surface area contributed by atoms with E-state index in [0.29, 0.717) is 30.5 Å². The predicted octanol–water partition coefficient (Wildman–Crippen LogP) is 2.04. The highest BCUT2D eigenvalue weighted by molar-refractivity contribution is 6.30. The van der Waals surface area contributed by atoms with Gasteiger partial charge >= 0.3 is 0 Å². The summed E-state index contributed by atoms with van der Waals surface area (Å²) in [5.41, 5.74) is 1.09. The maximum absolute atomic E-state index is 12.3. The standard InChI is InChI=1S/C19H23ClN4O2/c20-16-3-5-17(6-4-16)23-7-9-24(10-8-23)18(25)13-22-19(26)15(12-21)11-14-1-2-14/h3-6,14-15H,1-2,7-11,13H2,(H,22,26)/t15-/m1/s1. The molecule has 1 heterocycles. The summed E-state index contributed by atoms with van der Waals surface area (Å²) in [6.07, 6.45) is 2.81. The van der Waals surface area contributed by atoms with Crippen molar-refractivity contribution >= 4 is 29.1 Å². The highest BCUT2D eigenvalue weighted by Crippen LogP contribution is 2.35. The molecule has 2 aliphatic rings. The van der Waals surface area contributed by atoms with Crippen LogP contribution < -0.4 is 10.2 Å². The molecular formula is C19H23ClN4O2. The lowest BCUT2D eigenvalue weighted by Gasteiger charge is -2.36. The Hall–Kier alpha value is -2.26. The smallest absolute Gasteiger partial charge is 0.242 e. The molecule has 1 aliphatic carbocycles. The van der Waals surface area contributed by atoms with Crippen molar-refractivity contribution in [3.8, 4) is 6.07 Å². The summed E-state index contributed by atoms with van der Waals surface area (Å²) in [6, 6.07) is 9.72. The molecule has 2 fully saturated rings. The second-order valence-corrected chi connectivity index (χ2v) is 7.36. The first-order chi connectivity index (χ1) is 12.6. The number of benzene rings is 1. The largest absolute Gasteiger partial charge is 0.368 e. The van der Waals surface area contributed by atoms with Gasteiger partial charge in [0.15, 0.2) is 0 Å². The Balaban J connectivity index is 1.42. The zero-order valence-electron chi connectivity index (χ0n) is 14.7. The molecule has 1 N–H and O–H groups in total. The molecule has 1 aromatic rings. The lowest BCUT2D eigenvalue weighted by Crippen LogP contribution is -2.51. The van der Waals surface area contributed by atoms with E-state index in [-0.39, 0.29) is 18.4 Å². The second kappa shape index (κ2) is 8.41. The van der Waals surface area contributed by atoms with Gasteiger partial charge in [-0.1, -0.05) is 24.4 Å². The van der Waals surface area contributed by atoms with Gasteiger partial charge in [0.1, 0.15) is 5.92 Å². The summed E-state index contributed by atoms with van der Waals surface area (Å²) in [7, 11) is 0. The number of hydrogen-bond acceptors (Lipinski definition) is 4. The van der Waals surface area contributed by atoms with Gasteiger partial charge in [-0.15, -0.1) is 0 Å². The van der Waals surface area contributed by atoms with Gasteiger partial charge in [-0.05, 0) is 36.6 Å². The van der Waals surface area contributed by atoms with E-state index in [1.807, 2.05) is 24.3 Å². The minimum Gasteiger partial charge on any atom is -0.368 e. The Morgan fingerprint density at radius 3 is 2.42 bits per heavy atom. The molecule has 1 saturated carbocycles. The fraction of sp³-hybridized carbons (Fsp3) is 0.526. The number of nitrogens with zero attached hydrogens (tertiary/aromatic N) is 3. The molecule has 1 aromatic carbocycles. The molecule has 0 aromatic heterocycles. The van der Waals surface area contributed by atoms with E-state index in [1.165, 1.54) is 0 Å². The van der Waals surface area contributed by atoms with Crippen LogP contribution in [0.25, 0.3) is 0 Å². The molecule has 1 atom stereocenters. The van der Waals surface area contributed by atoms with Crippen LogP contribution in [0.15, 0.2) is 24.3 Å². The van der Waals surface area contributed by atoms with Crippen LogP contribution in [0.3, 0.4) is 0 Å². The summed E-state index contributed by atoms with van der Waals surface area (Å²) in [5.74, 6) is -0.566. The topological polar surface area (TPSA) is 76.4 Å². The molecule has 138 valence electrons. The lowest BCUT2D eigenvalue weighted by atomic mass is 10.0. The number of halogens is 1. The Kier molecular flexibility index (Phi) is 6.00. The molecule has 6 nitrogen and oxygen atoms in total. The van der Waals surface area contributed by atoms with Gasteiger partial charge in [0.25, 0.3) is 0 Å². The molecule has 0 bridgehead atoms. The van der Waals surface area contributed by atoms with Crippen molar-refractivity contribution in [2.24, 2.45) is 11.8 Å². The first kappa shape index (κ1) is 18.5. The van der Waals surface area contributed by atoms with Gasteiger partial charge in [0.2, 0.25) is 11.8 Å². The first-order valence-corrected chi connectivity index (χ1v) is 9.40. The summed E-state index contributed by atoms with van der Waals surface area (Å²) in [5, 5.41) is 12.5. The van der Waals surface area contributed by atoms with E-state index >= 15 is 0 Å². The third-order valence-corrected chi connectivity index (χ3v) is 5.23. The summed E-state index contributed by atoms with van der Waals surface area (Å²) in [4.78, 5) is 28.4. The first-order valence-electron chi connectivity index (χ1n) is 9.02. The number of nitriles is 1. The lowest BCUT2D eigenvalue weighted by molar-refractivity contribution is -0.133. The minimum atomic E-state index is -0.642. The van der Waals surface area contributed by atoms with Gasteiger partial charge in [-0.25, -0.2) is 0 Å². The summed E-state index contributed by atoms with van der Waals surface area (Å²) >= 11 is 5.91. The molecule has 1 aliphatic heterocycles. The van der Waals surface area contributed by atoms with Crippen LogP contribution in [0, 0.1) is 23.2 Å². The molecule has 7 heteroatoms. The average molecular weight is 375 g/mol. The number of amides is 2. The van der Waals surface area contributed by atoms with E-state index < -0.39 is 5.92 Å². The van der Waals surface area contributed by atoms with Crippen LogP contribution >= 0.6 is 11.6 Å². The quantitative estimate of drug-likeness (QED) is 0.826. The number of anilines is 1. The predicted molar refractivity (Wildman–Crippen MR) is 99.7 cm³/mol. The van der Waals surface area contributed by atoms with Gasteiger partial charge in [0, 0.05) is 36.9 Å².